The minimum absolute atomic E-state index is 0.187. The molecule has 0 aliphatic rings. The second-order valence-corrected chi connectivity index (χ2v) is 15.0. The number of rotatable bonds is 5. The molecule has 1 radical (unpaired) electrons. The lowest BCUT2D eigenvalue weighted by Gasteiger charge is -2.07. The Bertz CT molecular complexity index is 2500. The van der Waals surface area contributed by atoms with Gasteiger partial charge < -0.3 is 23.8 Å². The van der Waals surface area contributed by atoms with E-state index in [1.807, 2.05) is 42.7 Å². The molecule has 0 saturated carbocycles. The highest BCUT2D eigenvalue weighted by Crippen LogP contribution is 2.29. The van der Waals surface area contributed by atoms with Gasteiger partial charge >= 0.3 is 7.69 Å². The Kier molecular flexibility index (Phi) is 17.4. The molecule has 8 aromatic rings. The van der Waals surface area contributed by atoms with E-state index in [9.17, 15) is 13.2 Å². The fraction of sp³-hybridized carbons (Fsp3) is 0.200. The lowest BCUT2D eigenvalue weighted by atomic mass is 10.2. The number of aromatic nitrogens is 7. The Labute approximate surface area is 354 Å². The van der Waals surface area contributed by atoms with Crippen LogP contribution in [0.25, 0.3) is 44.0 Å². The maximum absolute atomic E-state index is 13.4. The van der Waals surface area contributed by atoms with Gasteiger partial charge in [0.2, 0.25) is 0 Å². The zero-order valence-electron chi connectivity index (χ0n) is 31.2. The van der Waals surface area contributed by atoms with Gasteiger partial charge in [-0.25, -0.2) is 13.2 Å². The Morgan fingerprint density at radius 2 is 1.25 bits per heavy atom. The van der Waals surface area contributed by atoms with Gasteiger partial charge in [-0.2, -0.15) is 20.4 Å². The van der Waals surface area contributed by atoms with Gasteiger partial charge in [-0.3, -0.25) is 0 Å². The summed E-state index contributed by atoms with van der Waals surface area (Å²) in [5.41, 5.74) is 6.33. The summed E-state index contributed by atoms with van der Waals surface area (Å²) in [5.74, 6) is -0.134. The topological polar surface area (TPSA) is 107 Å². The van der Waals surface area contributed by atoms with Crippen LogP contribution in [0.5, 0.6) is 5.75 Å². The first-order chi connectivity index (χ1) is 26.9. The molecule has 16 heteroatoms. The third-order valence-electron chi connectivity index (χ3n) is 7.88. The highest BCUT2D eigenvalue weighted by molar-refractivity contribution is 14.1. The third-order valence-corrected chi connectivity index (χ3v) is 8.96. The number of nitrogens with one attached hydrogen (secondary N) is 1. The van der Waals surface area contributed by atoms with E-state index in [0.717, 1.165) is 77.6 Å². The van der Waals surface area contributed by atoms with Crippen LogP contribution in [0.3, 0.4) is 0 Å². The minimum Gasteiger partial charge on any atom is -0.536 e. The van der Waals surface area contributed by atoms with Gasteiger partial charge in [0.15, 0.2) is 0 Å². The minimum atomic E-state index is -0.216. The van der Waals surface area contributed by atoms with Crippen LogP contribution in [0, 0.1) is 31.3 Å². The van der Waals surface area contributed by atoms with Gasteiger partial charge in [-0.1, -0.05) is 29.5 Å². The first-order valence-corrected chi connectivity index (χ1v) is 20.5. The van der Waals surface area contributed by atoms with Crippen LogP contribution in [0.15, 0.2) is 107 Å². The van der Waals surface area contributed by atoms with Gasteiger partial charge in [0.05, 0.1) is 49.7 Å². The molecule has 0 saturated heterocycles. The van der Waals surface area contributed by atoms with E-state index >= 15 is 0 Å². The maximum atomic E-state index is 13.4. The molecular weight excluding hydrogens is 965 g/mol. The summed E-state index contributed by atoms with van der Waals surface area (Å²) in [6, 6.07) is 24.0. The van der Waals surface area contributed by atoms with Crippen molar-refractivity contribution in [1.29, 1.82) is 0 Å². The van der Waals surface area contributed by atoms with Gasteiger partial charge in [0.1, 0.15) is 23.2 Å². The van der Waals surface area contributed by atoms with Crippen LogP contribution in [0.1, 0.15) is 32.2 Å². The van der Waals surface area contributed by atoms with Gasteiger partial charge in [0.25, 0.3) is 0 Å². The highest BCUT2D eigenvalue weighted by Gasteiger charge is 2.11. The fourth-order valence-electron chi connectivity index (χ4n) is 5.57. The standard InChI is InChI=1S/C15H14FN3.C10H9BrFN.C8H5BrFN.C5H6BN2O2.C2H5I/c1-3-19-14(12-6-10(2)18-17-9-12)7-11-4-5-13(16)8-15(11)19;1-2-13-9-6-8(12)4-3-7(9)5-10(13)11;9-8-3-5-1-2-6(10)4-7(5)11-8;1-4-2-5(10-6-9)3-7-8-4;1-2-3/h4-9H,3H2,1-2H3;3-6H,2H2,1H3;1-4,11H;2-3,9H,1H3;2H2,1H3. The van der Waals surface area contributed by atoms with E-state index in [0.29, 0.717) is 13.4 Å². The Hall–Kier alpha value is -4.26. The van der Waals surface area contributed by atoms with Crippen molar-refractivity contribution in [3.8, 4) is 17.0 Å². The molecule has 5 heterocycles. The number of aromatic amines is 1. The van der Waals surface area contributed by atoms with Crippen molar-refractivity contribution in [2.45, 2.75) is 47.7 Å². The Balaban J connectivity index is 0.000000167. The first kappa shape index (κ1) is 44.5. The number of halogens is 6. The summed E-state index contributed by atoms with van der Waals surface area (Å²) in [6.07, 6.45) is 3.16. The van der Waals surface area contributed by atoms with Crippen LogP contribution in [0.2, 0.25) is 0 Å². The van der Waals surface area contributed by atoms with E-state index in [-0.39, 0.29) is 17.5 Å². The molecule has 0 aliphatic carbocycles. The zero-order chi connectivity index (χ0) is 40.8. The molecule has 9 nitrogen and oxygen atoms in total. The molecule has 0 atom stereocenters. The number of fused-ring (bicyclic) bond motifs is 3. The Morgan fingerprint density at radius 3 is 1.82 bits per heavy atom. The number of H-pyrrole nitrogens is 1. The molecule has 291 valence electrons. The molecule has 0 bridgehead atoms. The molecule has 56 heavy (non-hydrogen) atoms. The number of benzene rings is 3. The van der Waals surface area contributed by atoms with Gasteiger partial charge in [0, 0.05) is 46.4 Å². The molecule has 0 aliphatic heterocycles. The fourth-order valence-corrected chi connectivity index (χ4v) is 6.72. The van der Waals surface area contributed by atoms with Gasteiger partial charge in [-0.15, -0.1) is 0 Å². The molecule has 5 aromatic heterocycles. The average molecular weight is 1000 g/mol. The van der Waals surface area contributed by atoms with E-state index < -0.39 is 0 Å². The average Bonchev–Trinajstić information content (AvgIpc) is 3.83. The molecule has 0 spiro atoms. The predicted molar refractivity (Wildman–Crippen MR) is 234 cm³/mol. The number of hydrogen-bond acceptors (Lipinski definition) is 6. The van der Waals surface area contributed by atoms with E-state index in [4.69, 9.17) is 5.02 Å². The monoisotopic (exact) mass is 1000 g/mol. The van der Waals surface area contributed by atoms with E-state index in [1.165, 1.54) is 34.9 Å². The predicted octanol–water partition coefficient (Wildman–Crippen LogP) is 11.3. The van der Waals surface area contributed by atoms with Crippen molar-refractivity contribution >= 4 is 94.8 Å². The highest BCUT2D eigenvalue weighted by atomic mass is 127. The summed E-state index contributed by atoms with van der Waals surface area (Å²) < 4.78 is 50.8. The van der Waals surface area contributed by atoms with E-state index in [2.05, 4.69) is 109 Å². The first-order valence-electron chi connectivity index (χ1n) is 17.4. The number of alkyl halides is 1. The van der Waals surface area contributed by atoms with Crippen molar-refractivity contribution in [1.82, 2.24) is 34.5 Å². The number of hydrogen-bond donors (Lipinski definition) is 2. The SMILES string of the molecule is CCI.CCn1c(-c2cnnc(C)c2)cc2ccc(F)cc21.CCn1c(Br)cc2ccc(F)cc21.Cc1cc(O[B]O)cnn1.Fc1ccc2cc(Br)[nH]c2c1. The zero-order valence-corrected chi connectivity index (χ0v) is 36.6. The van der Waals surface area contributed by atoms with Crippen LogP contribution in [-0.4, -0.2) is 51.6 Å². The van der Waals surface area contributed by atoms with Crippen molar-refractivity contribution < 1.29 is 22.8 Å². The molecule has 0 fully saturated rings. The lowest BCUT2D eigenvalue weighted by Crippen LogP contribution is -2.00. The van der Waals surface area contributed by atoms with Gasteiger partial charge in [-0.05, 0) is 143 Å². The number of aryl methyl sites for hydroxylation is 4. The maximum Gasteiger partial charge on any atom is 0.569 e. The van der Waals surface area contributed by atoms with Crippen molar-refractivity contribution in [3.63, 3.8) is 0 Å². The molecule has 0 amide bonds. The smallest absolute Gasteiger partial charge is 0.536 e. The van der Waals surface area contributed by atoms with Crippen molar-refractivity contribution in [2.24, 2.45) is 0 Å². The summed E-state index contributed by atoms with van der Waals surface area (Å²) in [7, 11) is 0.608. The second-order valence-electron chi connectivity index (χ2n) is 11.8. The summed E-state index contributed by atoms with van der Waals surface area (Å²) in [4.78, 5) is 2.98. The normalized spacial score (nSPS) is 10.4. The van der Waals surface area contributed by atoms with Crippen LogP contribution in [0.4, 0.5) is 13.2 Å². The molecule has 3 aromatic carbocycles. The Morgan fingerprint density at radius 1 is 0.714 bits per heavy atom. The third kappa shape index (κ3) is 12.4. The molecular formula is C40H39BBr2F3IN7O2. The quantitative estimate of drug-likeness (QED) is 0.101. The van der Waals surface area contributed by atoms with Crippen molar-refractivity contribution in [2.75, 3.05) is 4.43 Å². The van der Waals surface area contributed by atoms with E-state index in [1.54, 1.807) is 43.5 Å². The van der Waals surface area contributed by atoms with Crippen LogP contribution >= 0.6 is 54.5 Å². The molecule has 0 unspecified atom stereocenters. The summed E-state index contributed by atoms with van der Waals surface area (Å²) >= 11 is 8.99. The largest absolute Gasteiger partial charge is 0.569 e. The molecule has 8 rings (SSSR count). The van der Waals surface area contributed by atoms with Crippen molar-refractivity contribution in [3.05, 3.63) is 135 Å². The summed E-state index contributed by atoms with van der Waals surface area (Å²) in [5, 5.41) is 26.6. The van der Waals surface area contributed by atoms with Crippen LogP contribution in [-0.2, 0) is 13.1 Å². The number of nitrogens with zero attached hydrogens (tertiary/aromatic N) is 6. The lowest BCUT2D eigenvalue weighted by molar-refractivity contribution is 0.451. The van der Waals surface area contributed by atoms with Crippen LogP contribution < -0.4 is 4.65 Å². The second kappa shape index (κ2) is 21.9. The molecule has 2 N–H and O–H groups in total. The summed E-state index contributed by atoms with van der Waals surface area (Å²) in [6.45, 7) is 11.5.